The maximum Gasteiger partial charge on any atom is 0.255 e. The molecule has 156 valence electrons. The molecule has 0 fully saturated rings. The molecular weight excluding hydrogens is 402 g/mol. The number of hydrogen-bond donors (Lipinski definition) is 3. The minimum Gasteiger partial charge on any atom is -0.341 e. The smallest absolute Gasteiger partial charge is 0.255 e. The SMILES string of the molecule is Cc1ccc(NC(=O)c2ccccc2)cc1Nc1ncccc1-c1ncnc2nc[nH]c12. The van der Waals surface area contributed by atoms with Crippen LogP contribution < -0.4 is 10.6 Å². The normalized spacial score (nSPS) is 10.8. The molecule has 8 heteroatoms. The quantitative estimate of drug-likeness (QED) is 0.379. The molecule has 3 N–H and O–H groups in total. The minimum atomic E-state index is -0.165. The lowest BCUT2D eigenvalue weighted by Crippen LogP contribution is -2.12. The Kier molecular flexibility index (Phi) is 5.01. The van der Waals surface area contributed by atoms with Gasteiger partial charge in [0.05, 0.1) is 6.33 Å². The van der Waals surface area contributed by atoms with Crippen molar-refractivity contribution in [2.75, 3.05) is 10.6 Å². The van der Waals surface area contributed by atoms with Crippen LogP contribution in [0.2, 0.25) is 0 Å². The molecular formula is C24H19N7O. The molecule has 0 bridgehead atoms. The number of amides is 1. The monoisotopic (exact) mass is 421 g/mol. The van der Waals surface area contributed by atoms with Crippen molar-refractivity contribution >= 4 is 34.3 Å². The Hall–Kier alpha value is -4.59. The highest BCUT2D eigenvalue weighted by atomic mass is 16.1. The number of aromatic nitrogens is 5. The molecule has 0 aliphatic rings. The maximum absolute atomic E-state index is 12.5. The number of aromatic amines is 1. The molecule has 8 nitrogen and oxygen atoms in total. The summed E-state index contributed by atoms with van der Waals surface area (Å²) in [4.78, 5) is 33.0. The van der Waals surface area contributed by atoms with Crippen LogP contribution in [0.5, 0.6) is 0 Å². The van der Waals surface area contributed by atoms with Crippen LogP contribution in [0.1, 0.15) is 15.9 Å². The van der Waals surface area contributed by atoms with Crippen LogP contribution in [0.4, 0.5) is 17.2 Å². The number of carbonyl (C=O) groups is 1. The van der Waals surface area contributed by atoms with Crippen molar-refractivity contribution in [3.05, 3.63) is 90.6 Å². The first kappa shape index (κ1) is 19.4. The lowest BCUT2D eigenvalue weighted by molar-refractivity contribution is 0.102. The van der Waals surface area contributed by atoms with E-state index in [0.717, 1.165) is 22.3 Å². The molecule has 5 rings (SSSR count). The number of hydrogen-bond acceptors (Lipinski definition) is 6. The van der Waals surface area contributed by atoms with Gasteiger partial charge in [0.25, 0.3) is 5.91 Å². The summed E-state index contributed by atoms with van der Waals surface area (Å²) in [6, 6.07) is 18.6. The third-order valence-corrected chi connectivity index (χ3v) is 5.07. The number of benzene rings is 2. The molecule has 1 amide bonds. The number of nitrogens with one attached hydrogen (secondary N) is 3. The Labute approximate surface area is 183 Å². The Balaban J connectivity index is 1.47. The molecule has 0 saturated carbocycles. The lowest BCUT2D eigenvalue weighted by atomic mass is 10.1. The van der Waals surface area contributed by atoms with Gasteiger partial charge in [0, 0.05) is 28.7 Å². The van der Waals surface area contributed by atoms with Gasteiger partial charge in [-0.3, -0.25) is 4.79 Å². The summed E-state index contributed by atoms with van der Waals surface area (Å²) >= 11 is 0. The number of nitrogens with zero attached hydrogens (tertiary/aromatic N) is 4. The zero-order chi connectivity index (χ0) is 21.9. The molecule has 0 atom stereocenters. The standard InChI is InChI=1S/C24H19N7O/c1-15-9-10-17(30-24(32)16-6-3-2-4-7-16)12-19(15)31-22-18(8-5-11-25-22)20-21-23(28-13-26-20)29-14-27-21/h2-14H,1H3,(H,25,31)(H,30,32)(H,26,27,28,29). The number of fused-ring (bicyclic) bond motifs is 1. The van der Waals surface area contributed by atoms with Crippen LogP contribution in [-0.2, 0) is 0 Å². The molecule has 0 spiro atoms. The minimum absolute atomic E-state index is 0.165. The van der Waals surface area contributed by atoms with Crippen LogP contribution >= 0.6 is 0 Å². The van der Waals surface area contributed by atoms with Crippen molar-refractivity contribution < 1.29 is 4.79 Å². The van der Waals surface area contributed by atoms with Crippen LogP contribution in [-0.4, -0.2) is 30.8 Å². The van der Waals surface area contributed by atoms with E-state index < -0.39 is 0 Å². The zero-order valence-electron chi connectivity index (χ0n) is 17.2. The molecule has 5 aromatic rings. The van der Waals surface area contributed by atoms with Crippen LogP contribution in [0.25, 0.3) is 22.4 Å². The highest BCUT2D eigenvalue weighted by Gasteiger charge is 2.14. The predicted octanol–water partition coefficient (Wildman–Crippen LogP) is 4.72. The van der Waals surface area contributed by atoms with E-state index in [1.54, 1.807) is 24.7 Å². The second kappa shape index (κ2) is 8.27. The van der Waals surface area contributed by atoms with Gasteiger partial charge in [0.2, 0.25) is 0 Å². The predicted molar refractivity (Wildman–Crippen MR) is 124 cm³/mol. The van der Waals surface area contributed by atoms with E-state index in [0.29, 0.717) is 28.4 Å². The van der Waals surface area contributed by atoms with E-state index in [1.165, 1.54) is 6.33 Å². The number of carbonyl (C=O) groups excluding carboxylic acids is 1. The Bertz CT molecular complexity index is 1410. The fourth-order valence-corrected chi connectivity index (χ4v) is 3.42. The highest BCUT2D eigenvalue weighted by molar-refractivity contribution is 6.04. The van der Waals surface area contributed by atoms with Crippen LogP contribution in [0, 0.1) is 6.92 Å². The summed E-state index contributed by atoms with van der Waals surface area (Å²) in [6.07, 6.45) is 4.79. The van der Waals surface area contributed by atoms with Gasteiger partial charge in [-0.15, -0.1) is 0 Å². The summed E-state index contributed by atoms with van der Waals surface area (Å²) < 4.78 is 0. The topological polar surface area (TPSA) is 108 Å². The second-order valence-electron chi connectivity index (χ2n) is 7.20. The fourth-order valence-electron chi connectivity index (χ4n) is 3.42. The van der Waals surface area contributed by atoms with Crippen molar-refractivity contribution in [2.24, 2.45) is 0 Å². The van der Waals surface area contributed by atoms with E-state index in [9.17, 15) is 4.79 Å². The van der Waals surface area contributed by atoms with Gasteiger partial charge in [0.15, 0.2) is 5.65 Å². The van der Waals surface area contributed by atoms with E-state index >= 15 is 0 Å². The number of aryl methyl sites for hydroxylation is 1. The van der Waals surface area contributed by atoms with Crippen molar-refractivity contribution in [3.8, 4) is 11.3 Å². The van der Waals surface area contributed by atoms with Crippen LogP contribution in [0.3, 0.4) is 0 Å². The van der Waals surface area contributed by atoms with Crippen LogP contribution in [0.15, 0.2) is 79.5 Å². The number of rotatable bonds is 5. The fraction of sp³-hybridized carbons (Fsp3) is 0.0417. The summed E-state index contributed by atoms with van der Waals surface area (Å²) in [5.41, 5.74) is 5.95. The molecule has 0 radical (unpaired) electrons. The molecule has 0 saturated heterocycles. The van der Waals surface area contributed by atoms with Gasteiger partial charge < -0.3 is 15.6 Å². The molecule has 3 heterocycles. The number of pyridine rings is 1. The zero-order valence-corrected chi connectivity index (χ0v) is 17.2. The van der Waals surface area contributed by atoms with E-state index in [4.69, 9.17) is 0 Å². The Morgan fingerprint density at radius 2 is 1.81 bits per heavy atom. The van der Waals surface area contributed by atoms with Gasteiger partial charge >= 0.3 is 0 Å². The van der Waals surface area contributed by atoms with Gasteiger partial charge in [-0.2, -0.15) is 0 Å². The number of imidazole rings is 1. The first-order chi connectivity index (χ1) is 15.7. The first-order valence-corrected chi connectivity index (χ1v) is 10.0. The third kappa shape index (κ3) is 3.77. The molecule has 3 aromatic heterocycles. The summed E-state index contributed by atoms with van der Waals surface area (Å²) in [7, 11) is 0. The second-order valence-corrected chi connectivity index (χ2v) is 7.20. The van der Waals surface area contributed by atoms with E-state index in [1.807, 2.05) is 55.5 Å². The Morgan fingerprint density at radius 1 is 0.938 bits per heavy atom. The van der Waals surface area contributed by atoms with Crippen molar-refractivity contribution in [2.45, 2.75) is 6.92 Å². The van der Waals surface area contributed by atoms with Gasteiger partial charge in [-0.1, -0.05) is 24.3 Å². The third-order valence-electron chi connectivity index (χ3n) is 5.07. The molecule has 2 aromatic carbocycles. The number of anilines is 3. The molecule has 0 aliphatic heterocycles. The number of H-pyrrole nitrogens is 1. The highest BCUT2D eigenvalue weighted by Crippen LogP contribution is 2.32. The first-order valence-electron chi connectivity index (χ1n) is 10.0. The summed E-state index contributed by atoms with van der Waals surface area (Å²) in [5.74, 6) is 0.471. The van der Waals surface area contributed by atoms with E-state index in [2.05, 4.69) is 35.6 Å². The van der Waals surface area contributed by atoms with Gasteiger partial charge in [-0.05, 0) is 48.9 Å². The van der Waals surface area contributed by atoms with Gasteiger partial charge in [-0.25, -0.2) is 19.9 Å². The van der Waals surface area contributed by atoms with Crippen molar-refractivity contribution in [1.29, 1.82) is 0 Å². The summed E-state index contributed by atoms with van der Waals surface area (Å²) in [5, 5.41) is 6.34. The summed E-state index contributed by atoms with van der Waals surface area (Å²) in [6.45, 7) is 1.99. The molecule has 32 heavy (non-hydrogen) atoms. The van der Waals surface area contributed by atoms with Gasteiger partial charge in [0.1, 0.15) is 23.4 Å². The average Bonchev–Trinajstić information content (AvgIpc) is 3.31. The van der Waals surface area contributed by atoms with E-state index in [-0.39, 0.29) is 5.91 Å². The Morgan fingerprint density at radius 3 is 2.69 bits per heavy atom. The molecule has 0 aliphatic carbocycles. The lowest BCUT2D eigenvalue weighted by Gasteiger charge is -2.14. The maximum atomic E-state index is 12.5. The van der Waals surface area contributed by atoms with Crippen molar-refractivity contribution in [1.82, 2.24) is 24.9 Å². The average molecular weight is 421 g/mol. The van der Waals surface area contributed by atoms with Crippen molar-refractivity contribution in [3.63, 3.8) is 0 Å². The molecule has 0 unspecified atom stereocenters. The largest absolute Gasteiger partial charge is 0.341 e.